The molecule has 3 nitrogen and oxygen atoms in total. The molecule has 1 N–H and O–H groups in total. The number of pyridine rings is 1. The average molecular weight is 264 g/mol. The zero-order chi connectivity index (χ0) is 13.7. The van der Waals surface area contributed by atoms with E-state index in [0.29, 0.717) is 0 Å². The van der Waals surface area contributed by atoms with Crippen molar-refractivity contribution in [2.24, 2.45) is 5.92 Å². The summed E-state index contributed by atoms with van der Waals surface area (Å²) in [6.45, 7) is 2.21. The topological polar surface area (TPSA) is 42.0 Å². The predicted molar refractivity (Wildman–Crippen MR) is 72.3 cm³/mol. The van der Waals surface area contributed by atoms with E-state index in [1.807, 2.05) is 0 Å². The van der Waals surface area contributed by atoms with E-state index in [0.717, 1.165) is 37.8 Å². The van der Waals surface area contributed by atoms with Crippen LogP contribution in [0.15, 0.2) is 18.5 Å². The lowest BCUT2D eigenvalue weighted by Crippen LogP contribution is -2.38. The summed E-state index contributed by atoms with van der Waals surface area (Å²) in [4.78, 5) is 15.6. The van der Waals surface area contributed by atoms with E-state index in [2.05, 4.69) is 17.2 Å². The molecule has 1 aliphatic carbocycles. The Balaban J connectivity index is 1.86. The first-order chi connectivity index (χ1) is 9.20. The van der Waals surface area contributed by atoms with Crippen molar-refractivity contribution in [1.29, 1.82) is 0 Å². The number of nitrogens with one attached hydrogen (secondary N) is 1. The number of halogens is 1. The molecule has 1 aromatic heterocycles. The summed E-state index contributed by atoms with van der Waals surface area (Å²) in [7, 11) is 0. The SMILES string of the molecule is CCCC1CCC(NC(=O)c2ccncc2F)CC1. The summed E-state index contributed by atoms with van der Waals surface area (Å²) in [5, 5.41) is 2.93. The van der Waals surface area contributed by atoms with Gasteiger partial charge >= 0.3 is 0 Å². The Morgan fingerprint density at radius 1 is 1.42 bits per heavy atom. The second-order valence-electron chi connectivity index (χ2n) is 5.34. The van der Waals surface area contributed by atoms with Gasteiger partial charge in [0, 0.05) is 12.2 Å². The lowest BCUT2D eigenvalue weighted by Gasteiger charge is -2.29. The van der Waals surface area contributed by atoms with Crippen LogP contribution in [0.5, 0.6) is 0 Å². The van der Waals surface area contributed by atoms with Crippen molar-refractivity contribution in [2.75, 3.05) is 0 Å². The molecule has 1 aromatic rings. The lowest BCUT2D eigenvalue weighted by atomic mass is 9.83. The Labute approximate surface area is 113 Å². The van der Waals surface area contributed by atoms with E-state index in [1.54, 1.807) is 0 Å². The van der Waals surface area contributed by atoms with Gasteiger partial charge in [-0.05, 0) is 37.7 Å². The molecule has 0 aliphatic heterocycles. The second-order valence-corrected chi connectivity index (χ2v) is 5.34. The molecule has 1 heterocycles. The molecule has 0 unspecified atom stereocenters. The van der Waals surface area contributed by atoms with Gasteiger partial charge in [0.15, 0.2) is 5.82 Å². The van der Waals surface area contributed by atoms with E-state index in [4.69, 9.17) is 0 Å². The van der Waals surface area contributed by atoms with Gasteiger partial charge in [-0.3, -0.25) is 9.78 Å². The molecule has 2 rings (SSSR count). The largest absolute Gasteiger partial charge is 0.349 e. The van der Waals surface area contributed by atoms with Crippen molar-refractivity contribution in [3.63, 3.8) is 0 Å². The van der Waals surface area contributed by atoms with E-state index >= 15 is 0 Å². The van der Waals surface area contributed by atoms with Crippen molar-refractivity contribution in [2.45, 2.75) is 51.5 Å². The number of aromatic nitrogens is 1. The summed E-state index contributed by atoms with van der Waals surface area (Å²) in [5.74, 6) is -0.0747. The van der Waals surface area contributed by atoms with Crippen LogP contribution in [0.25, 0.3) is 0 Å². The summed E-state index contributed by atoms with van der Waals surface area (Å²) in [6, 6.07) is 1.61. The molecule has 0 radical (unpaired) electrons. The second kappa shape index (κ2) is 6.64. The third-order valence-corrected chi connectivity index (χ3v) is 3.90. The zero-order valence-electron chi connectivity index (χ0n) is 11.4. The van der Waals surface area contributed by atoms with Crippen LogP contribution < -0.4 is 5.32 Å². The van der Waals surface area contributed by atoms with E-state index < -0.39 is 5.82 Å². The van der Waals surface area contributed by atoms with Crippen LogP contribution in [0.1, 0.15) is 55.8 Å². The molecule has 1 amide bonds. The molecule has 1 saturated carbocycles. The maximum absolute atomic E-state index is 13.4. The van der Waals surface area contributed by atoms with Crippen LogP contribution in [0.4, 0.5) is 4.39 Å². The molecule has 0 spiro atoms. The molecule has 104 valence electrons. The summed E-state index contributed by atoms with van der Waals surface area (Å²) >= 11 is 0. The number of hydrogen-bond donors (Lipinski definition) is 1. The van der Waals surface area contributed by atoms with Gasteiger partial charge in [0.1, 0.15) is 0 Å². The van der Waals surface area contributed by atoms with Gasteiger partial charge in [0.05, 0.1) is 11.8 Å². The van der Waals surface area contributed by atoms with Crippen LogP contribution in [-0.4, -0.2) is 16.9 Å². The van der Waals surface area contributed by atoms with Crippen molar-refractivity contribution in [3.8, 4) is 0 Å². The fourth-order valence-corrected chi connectivity index (χ4v) is 2.83. The third-order valence-electron chi connectivity index (χ3n) is 3.90. The molecule has 0 aromatic carbocycles. The van der Waals surface area contributed by atoms with E-state index in [9.17, 15) is 9.18 Å². The number of amides is 1. The van der Waals surface area contributed by atoms with Crippen molar-refractivity contribution >= 4 is 5.91 Å². The number of carbonyl (C=O) groups excluding carboxylic acids is 1. The number of nitrogens with zero attached hydrogens (tertiary/aromatic N) is 1. The minimum atomic E-state index is -0.556. The highest BCUT2D eigenvalue weighted by Gasteiger charge is 2.23. The molecule has 0 bridgehead atoms. The maximum atomic E-state index is 13.4. The van der Waals surface area contributed by atoms with Gasteiger partial charge in [0.25, 0.3) is 5.91 Å². The van der Waals surface area contributed by atoms with Crippen molar-refractivity contribution in [3.05, 3.63) is 29.8 Å². The van der Waals surface area contributed by atoms with Crippen LogP contribution in [0.3, 0.4) is 0 Å². The standard InChI is InChI=1S/C15H21FN2O/c1-2-3-11-4-6-12(7-5-11)18-15(19)13-8-9-17-10-14(13)16/h8-12H,2-7H2,1H3,(H,18,19). The number of carbonyl (C=O) groups is 1. The first-order valence-corrected chi connectivity index (χ1v) is 7.11. The number of hydrogen-bond acceptors (Lipinski definition) is 2. The monoisotopic (exact) mass is 264 g/mol. The van der Waals surface area contributed by atoms with Crippen molar-refractivity contribution in [1.82, 2.24) is 10.3 Å². The minimum absolute atomic E-state index is 0.0886. The average Bonchev–Trinajstić information content (AvgIpc) is 2.42. The highest BCUT2D eigenvalue weighted by atomic mass is 19.1. The highest BCUT2D eigenvalue weighted by Crippen LogP contribution is 2.27. The van der Waals surface area contributed by atoms with Crippen molar-refractivity contribution < 1.29 is 9.18 Å². The molecular formula is C15H21FN2O. The van der Waals surface area contributed by atoms with Gasteiger partial charge in [-0.25, -0.2) is 4.39 Å². The van der Waals surface area contributed by atoms with Gasteiger partial charge < -0.3 is 5.32 Å². The Morgan fingerprint density at radius 2 is 2.16 bits per heavy atom. The van der Waals surface area contributed by atoms with E-state index in [-0.39, 0.29) is 17.5 Å². The fraction of sp³-hybridized carbons (Fsp3) is 0.600. The summed E-state index contributed by atoms with van der Waals surface area (Å²) in [5.41, 5.74) is 0.0886. The molecule has 1 aliphatic rings. The fourth-order valence-electron chi connectivity index (χ4n) is 2.83. The van der Waals surface area contributed by atoms with E-state index in [1.165, 1.54) is 25.1 Å². The van der Waals surface area contributed by atoms with Crippen LogP contribution in [-0.2, 0) is 0 Å². The Hall–Kier alpha value is -1.45. The zero-order valence-corrected chi connectivity index (χ0v) is 11.4. The smallest absolute Gasteiger partial charge is 0.254 e. The van der Waals surface area contributed by atoms with Gasteiger partial charge in [-0.15, -0.1) is 0 Å². The van der Waals surface area contributed by atoms with Crippen LogP contribution >= 0.6 is 0 Å². The first-order valence-electron chi connectivity index (χ1n) is 7.11. The van der Waals surface area contributed by atoms with Crippen LogP contribution in [0, 0.1) is 11.7 Å². The Morgan fingerprint density at radius 3 is 2.79 bits per heavy atom. The molecular weight excluding hydrogens is 243 g/mol. The predicted octanol–water partition coefficient (Wildman–Crippen LogP) is 3.31. The van der Waals surface area contributed by atoms with Gasteiger partial charge in [-0.2, -0.15) is 0 Å². The molecule has 19 heavy (non-hydrogen) atoms. The highest BCUT2D eigenvalue weighted by molar-refractivity contribution is 5.94. The van der Waals surface area contributed by atoms with Crippen LogP contribution in [0.2, 0.25) is 0 Å². The van der Waals surface area contributed by atoms with Gasteiger partial charge in [0.2, 0.25) is 0 Å². The van der Waals surface area contributed by atoms with Gasteiger partial charge in [-0.1, -0.05) is 19.8 Å². The quantitative estimate of drug-likeness (QED) is 0.906. The molecule has 1 fully saturated rings. The number of rotatable bonds is 4. The normalized spacial score (nSPS) is 23.1. The molecule has 0 saturated heterocycles. The maximum Gasteiger partial charge on any atom is 0.254 e. The Kier molecular flexibility index (Phi) is 4.88. The summed E-state index contributed by atoms with van der Waals surface area (Å²) in [6.07, 6.45) is 9.36. The Bertz CT molecular complexity index is 428. The lowest BCUT2D eigenvalue weighted by molar-refractivity contribution is 0.0917. The summed E-state index contributed by atoms with van der Waals surface area (Å²) < 4.78 is 13.4. The molecule has 4 heteroatoms. The first kappa shape index (κ1) is 14.0. The third kappa shape index (κ3) is 3.75. The molecule has 0 atom stereocenters. The minimum Gasteiger partial charge on any atom is -0.349 e.